The molecule has 20 heteroatoms. The summed E-state index contributed by atoms with van der Waals surface area (Å²) in [5.74, 6) is -23.0. The van der Waals surface area contributed by atoms with E-state index in [-0.39, 0.29) is 100 Å². The molecule has 5 aromatic carbocycles. The summed E-state index contributed by atoms with van der Waals surface area (Å²) in [6.07, 6.45) is -43.3. The van der Waals surface area contributed by atoms with Crippen molar-refractivity contribution in [2.75, 3.05) is 136 Å². The second kappa shape index (κ2) is 40.6. The van der Waals surface area contributed by atoms with Gasteiger partial charge in [-0.3, -0.25) is 24.5 Å². The van der Waals surface area contributed by atoms with E-state index in [1.54, 1.807) is 13.8 Å². The number of aryl methyl sites for hydroxylation is 5. The molecule has 18 unspecified atom stereocenters. The van der Waals surface area contributed by atoms with Gasteiger partial charge in [-0.2, -0.15) is 0 Å². The maximum Gasteiger partial charge on any atom is 0.161 e. The van der Waals surface area contributed by atoms with Gasteiger partial charge in [-0.25, -0.2) is 0 Å². The minimum Gasteiger partial charge on any atom is -0.493 e. The molecular weight excluding hydrogens is 1450 g/mol. The largest absolute Gasteiger partial charge is 0.493 e. The molecule has 15 rings (SSSR count). The number of piperidine rings is 5. The lowest BCUT2D eigenvalue weighted by atomic mass is 9.79. The second-order valence-electron chi connectivity index (χ2n) is 28.2. The monoisotopic (exact) mass is 1660 g/mol. The van der Waals surface area contributed by atoms with Crippen LogP contribution >= 0.6 is 0 Å². The van der Waals surface area contributed by atoms with Crippen LogP contribution in [0, 0.1) is 59.1 Å². The summed E-state index contributed by atoms with van der Waals surface area (Å²) in [6, 6.07) is -3.09. The number of hydrogen-bond donors (Lipinski definition) is 5. The van der Waals surface area contributed by atoms with Crippen LogP contribution in [-0.2, 0) is 31.9 Å². The smallest absolute Gasteiger partial charge is 0.161 e. The summed E-state index contributed by atoms with van der Waals surface area (Å²) in [4.78, 5) is 0.990. The third-order valence-corrected chi connectivity index (χ3v) is 19.2. The number of hydrogen-bond acceptors (Lipinski definition) is 20. The van der Waals surface area contributed by atoms with Crippen molar-refractivity contribution in [3.8, 4) is 57.5 Å². The topological polar surface area (TPSA) is 210 Å². The number of nitrogens with zero attached hydrogens (tertiary/aromatic N) is 5. The van der Waals surface area contributed by atoms with Gasteiger partial charge in [-0.1, -0.05) is 69.0 Å². The molecule has 5 saturated heterocycles. The van der Waals surface area contributed by atoms with E-state index in [4.69, 9.17) is 131 Å². The molecule has 0 radical (unpaired) electrons. The molecule has 10 heterocycles. The van der Waals surface area contributed by atoms with Gasteiger partial charge in [0.1, 0.15) is 0 Å². The van der Waals surface area contributed by atoms with Gasteiger partial charge in [-0.15, -0.1) is 0 Å². The molecule has 10 aliphatic heterocycles. The standard InChI is InChI=1S/5C19H29NO3/c5*1-12(2)7-14-11-20-6-5-13-8-18(22-3)19(23-4)9-15(13)16(20)10-17(14)21/h5*8-9,12,14,16-17,21H,5-7,10-11H2,1-4H3/i2*1D3,4D3,5D2,6D2,7D2,11D2,12D,16D;5D2,6D2,10D2,11D2,14D,16D,17D;1D3,5D2,6D2,7D2,11D2,12D,16D;4D3,5D2,6D2,11D2,16D. The Morgan fingerprint density at radius 1 is 0.357 bits per heavy atom. The Labute approximate surface area is 782 Å². The number of fused-ring (bicyclic) bond motifs is 15. The fourth-order valence-electron chi connectivity index (χ4n) is 13.7. The lowest BCUT2D eigenvalue weighted by Gasteiger charge is -2.46. The first kappa shape index (κ1) is 37.0. The number of methoxy groups -OCH3 is 10. The summed E-state index contributed by atoms with van der Waals surface area (Å²) in [5, 5.41) is 55.4. The SMILES string of the molecule is [2H]C([2H])([2H])Oc1cc2c(cc1OC)C([2H])([2H])C([2H])([2H])N1C2([2H])CC(O)C(C([2H])([2H])C([2H])(C)C([2H])([2H])[2H])C1([2H])[2H].[2H]C([2H])([2H])Oc1cc2c(cc1OC)C([2H])([2H])C([2H])([2H])N1C2([2H])CC(O)C(C([2H])([2H])C([2H])(C)C([2H])([2H])[2H])C1([2H])[2H].[2H]C([2H])([2H])Oc1cc2c(cc1OC)C([2H])([2H])C([2H])([2H])N1C2([2H])CC(O)C(CC(C)C)C1([2H])[2H].[2H]C1([2H])c2cc(OC)c(OC)cc2C2([2H])N(C1([2H])[2H])C([2H])([2H])C([2H])(CC(C)C)C([2H])(O)C2([2H])[2H].[2H]C12CC(O)C(C([2H])([2H])C([2H])(C)C([2H])([2H])[2H])C([2H])([2H])N1C([2H])([2H])C([2H])([2H])c1cc(OC)c(OC)cc12. The molecule has 20 nitrogen and oxygen atoms in total. The summed E-state index contributed by atoms with van der Waals surface area (Å²) < 4.78 is 604. The number of aliphatic hydroxyl groups excluding tert-OH is 4. The van der Waals surface area contributed by atoms with Gasteiger partial charge in [0.15, 0.2) is 57.5 Å². The first-order valence-electron chi connectivity index (χ1n) is 69.4. The number of rotatable bonds is 20. The van der Waals surface area contributed by atoms with E-state index in [0.717, 1.165) is 75.7 Å². The number of aliphatic hydroxyl groups is 5. The van der Waals surface area contributed by atoms with Crippen molar-refractivity contribution in [3.05, 3.63) is 116 Å². The number of benzene rings is 5. The predicted octanol–water partition coefficient (Wildman–Crippen LogP) is 15.1. The Morgan fingerprint density at radius 3 is 0.861 bits per heavy atom. The van der Waals surface area contributed by atoms with Crippen molar-refractivity contribution in [1.29, 1.82) is 0 Å². The molecule has 0 amide bonds. The van der Waals surface area contributed by atoms with Crippen molar-refractivity contribution in [2.24, 2.45) is 59.1 Å². The minimum absolute atomic E-state index is 0.0317. The Balaban J connectivity index is 0.000000210. The molecule has 10 aliphatic rings. The Hall–Kier alpha value is -6.30. The summed E-state index contributed by atoms with van der Waals surface area (Å²) in [6.45, 7) is -33.7. The first-order chi connectivity index (χ1) is 80.2. The van der Waals surface area contributed by atoms with Crippen LogP contribution in [0.2, 0.25) is 0 Å². The van der Waals surface area contributed by atoms with Gasteiger partial charge in [0.05, 0.1) is 122 Å². The van der Waals surface area contributed by atoms with Gasteiger partial charge in [-0.05, 0) is 271 Å². The third kappa shape index (κ3) is 21.1. The predicted molar refractivity (Wildman–Crippen MR) is 456 cm³/mol. The molecule has 18 atom stereocenters. The van der Waals surface area contributed by atoms with E-state index in [1.807, 2.05) is 13.8 Å². The summed E-state index contributed by atoms with van der Waals surface area (Å²) >= 11 is 0. The maximum atomic E-state index is 11.2. The van der Waals surface area contributed by atoms with Crippen LogP contribution in [0.4, 0.5) is 0 Å². The van der Waals surface area contributed by atoms with Crippen LogP contribution < -0.4 is 47.4 Å². The summed E-state index contributed by atoms with van der Waals surface area (Å²) in [5.41, 5.74) is -4.11. The van der Waals surface area contributed by atoms with E-state index in [0.29, 0.717) is 18.7 Å². The Kier molecular flexibility index (Phi) is 13.1. The fourth-order valence-corrected chi connectivity index (χ4v) is 13.7. The fraction of sp³-hybridized carbons (Fsp3) is 0.684. The highest BCUT2D eigenvalue weighted by atomic mass is 16.5. The van der Waals surface area contributed by atoms with Crippen molar-refractivity contribution in [2.45, 2.75) is 225 Å². The molecule has 0 bridgehead atoms. The van der Waals surface area contributed by atoms with Crippen LogP contribution in [0.3, 0.4) is 0 Å². The highest BCUT2D eigenvalue weighted by molar-refractivity contribution is 5.54. The van der Waals surface area contributed by atoms with Gasteiger partial charge in [0, 0.05) is 165 Å². The van der Waals surface area contributed by atoms with Crippen molar-refractivity contribution in [1.82, 2.24) is 24.5 Å². The zero-order valence-corrected chi connectivity index (χ0v) is 65.8. The van der Waals surface area contributed by atoms with Crippen molar-refractivity contribution < 1.29 is 163 Å². The average Bonchev–Trinajstić information content (AvgIpc) is 0.633. The van der Waals surface area contributed by atoms with E-state index in [1.165, 1.54) is 41.6 Å². The van der Waals surface area contributed by atoms with Gasteiger partial charge in [0.2, 0.25) is 0 Å². The lowest BCUT2D eigenvalue weighted by Crippen LogP contribution is -2.48. The quantitative estimate of drug-likeness (QED) is 0.0491. The van der Waals surface area contributed by atoms with E-state index >= 15 is 0 Å². The van der Waals surface area contributed by atoms with Crippen LogP contribution in [0.5, 0.6) is 57.5 Å². The Bertz CT molecular complexity index is 6950. The van der Waals surface area contributed by atoms with Gasteiger partial charge in [0.25, 0.3) is 0 Å². The van der Waals surface area contributed by atoms with Gasteiger partial charge < -0.3 is 72.9 Å². The third-order valence-electron chi connectivity index (χ3n) is 19.2. The highest BCUT2D eigenvalue weighted by Gasteiger charge is 2.45. The second-order valence-corrected chi connectivity index (χ2v) is 28.2. The molecule has 5 N–H and O–H groups in total. The van der Waals surface area contributed by atoms with Crippen LogP contribution in [0.25, 0.3) is 0 Å². The molecule has 5 fully saturated rings. The molecule has 115 heavy (non-hydrogen) atoms. The van der Waals surface area contributed by atoms with Crippen LogP contribution in [-0.4, -0.2) is 216 Å². The Morgan fingerprint density at radius 2 is 0.600 bits per heavy atom. The zero-order chi connectivity index (χ0) is 141. The van der Waals surface area contributed by atoms with Gasteiger partial charge >= 0.3 is 0 Å². The maximum absolute atomic E-state index is 11.2. The molecule has 0 saturated carbocycles. The van der Waals surface area contributed by atoms with Crippen LogP contribution in [0.15, 0.2) is 60.7 Å². The highest BCUT2D eigenvalue weighted by Crippen LogP contribution is 2.50. The molecule has 0 spiro atoms. The molecular formula is C95H145N5O15. The van der Waals surface area contributed by atoms with E-state index < -0.39 is 355 Å². The first-order valence-corrected chi connectivity index (χ1v) is 36.4. The van der Waals surface area contributed by atoms with E-state index in [2.05, 4.69) is 0 Å². The summed E-state index contributed by atoms with van der Waals surface area (Å²) in [7, 11) is -0.472. The molecule has 640 valence electrons. The van der Waals surface area contributed by atoms with Crippen molar-refractivity contribution in [3.63, 3.8) is 0 Å². The molecule has 0 aliphatic carbocycles. The normalized spacial score (nSPS) is 50.0. The molecule has 5 aromatic rings. The zero-order valence-electron chi connectivity index (χ0n) is 132. The lowest BCUT2D eigenvalue weighted by molar-refractivity contribution is -0.0192. The van der Waals surface area contributed by atoms with E-state index in [9.17, 15) is 32.4 Å². The number of ether oxygens (including phenoxy) is 10. The van der Waals surface area contributed by atoms with Crippen LogP contribution in [0.1, 0.15) is 309 Å². The van der Waals surface area contributed by atoms with Crippen molar-refractivity contribution >= 4 is 0 Å². The molecule has 0 aromatic heterocycles. The average molecular weight is 1660 g/mol. The minimum atomic E-state index is -3.55.